The zero-order valence-electron chi connectivity index (χ0n) is 15.6. The Morgan fingerprint density at radius 2 is 2.03 bits per heavy atom. The number of fused-ring (bicyclic) bond motifs is 1. The Morgan fingerprint density at radius 1 is 1.17 bits per heavy atom. The molecule has 4 aromatic rings. The second kappa shape index (κ2) is 8.03. The molecule has 0 spiro atoms. The molecule has 9 heteroatoms. The van der Waals surface area contributed by atoms with Crippen LogP contribution in [-0.2, 0) is 0 Å². The number of para-hydroxylation sites is 2. The van der Waals surface area contributed by atoms with E-state index >= 15 is 0 Å². The number of nitrogens with zero attached hydrogens (tertiary/aromatic N) is 2. The molecule has 29 heavy (non-hydrogen) atoms. The van der Waals surface area contributed by atoms with Crippen LogP contribution in [-0.4, -0.2) is 51.5 Å². The van der Waals surface area contributed by atoms with Gasteiger partial charge in [-0.25, -0.2) is 4.98 Å². The number of carbonyl (C=O) groups is 1. The number of nitrogens with one attached hydrogen (secondary N) is 3. The molecule has 0 saturated carbocycles. The molecule has 2 aromatic carbocycles. The third-order valence-electron chi connectivity index (χ3n) is 4.24. The summed E-state index contributed by atoms with van der Waals surface area (Å²) in [6.45, 7) is 0.0256. The van der Waals surface area contributed by atoms with E-state index in [4.69, 9.17) is 14.6 Å². The summed E-state index contributed by atoms with van der Waals surface area (Å²) >= 11 is 0. The molecule has 2 heterocycles. The number of anilines is 1. The van der Waals surface area contributed by atoms with Crippen molar-refractivity contribution in [2.24, 2.45) is 0 Å². The number of amides is 1. The Hall–Kier alpha value is -3.85. The Balaban J connectivity index is 1.50. The molecular formula is C20H19N5O4. The van der Waals surface area contributed by atoms with Crippen LogP contribution in [0.4, 0.5) is 5.82 Å². The summed E-state index contributed by atoms with van der Waals surface area (Å²) in [5, 5.41) is 18.6. The molecule has 0 fully saturated rings. The summed E-state index contributed by atoms with van der Waals surface area (Å²) in [5.41, 5.74) is 2.80. The molecule has 0 aliphatic carbocycles. The van der Waals surface area contributed by atoms with E-state index in [0.29, 0.717) is 34.4 Å². The monoisotopic (exact) mass is 393 g/mol. The molecule has 2 aromatic heterocycles. The first kappa shape index (κ1) is 18.5. The van der Waals surface area contributed by atoms with Crippen LogP contribution in [0, 0.1) is 0 Å². The molecule has 0 aliphatic rings. The lowest BCUT2D eigenvalue weighted by Gasteiger charge is -2.11. The quantitative estimate of drug-likeness (QED) is 0.382. The average molecular weight is 393 g/mol. The van der Waals surface area contributed by atoms with Crippen LogP contribution in [0.25, 0.3) is 22.6 Å². The Kier molecular flexibility index (Phi) is 5.12. The third-order valence-corrected chi connectivity index (χ3v) is 4.24. The fourth-order valence-electron chi connectivity index (χ4n) is 2.86. The van der Waals surface area contributed by atoms with E-state index in [1.807, 2.05) is 24.3 Å². The lowest BCUT2D eigenvalue weighted by Crippen LogP contribution is -2.12. The lowest BCUT2D eigenvalue weighted by atomic mass is 10.2. The van der Waals surface area contributed by atoms with Crippen molar-refractivity contribution in [1.29, 1.82) is 0 Å². The Labute approximate surface area is 165 Å². The van der Waals surface area contributed by atoms with Crippen LogP contribution in [0.2, 0.25) is 0 Å². The minimum absolute atomic E-state index is 0.113. The predicted molar refractivity (Wildman–Crippen MR) is 107 cm³/mol. The number of aromatic amines is 2. The van der Waals surface area contributed by atoms with Crippen LogP contribution in [0.1, 0.15) is 10.4 Å². The maximum absolute atomic E-state index is 12.6. The van der Waals surface area contributed by atoms with Crippen molar-refractivity contribution in [3.8, 4) is 23.0 Å². The SMILES string of the molecule is COc1cc(C(=O)Nc2cc(-c3nc4ccccc4[nH]3)[nH]n2)ccc1OCCO. The number of aromatic nitrogens is 4. The summed E-state index contributed by atoms with van der Waals surface area (Å²) in [6.07, 6.45) is 0. The van der Waals surface area contributed by atoms with Gasteiger partial charge in [-0.2, -0.15) is 5.10 Å². The highest BCUT2D eigenvalue weighted by atomic mass is 16.5. The summed E-state index contributed by atoms with van der Waals surface area (Å²) in [7, 11) is 1.48. The molecule has 1 amide bonds. The van der Waals surface area contributed by atoms with E-state index in [2.05, 4.69) is 25.5 Å². The summed E-state index contributed by atoms with van der Waals surface area (Å²) in [4.78, 5) is 20.3. The van der Waals surface area contributed by atoms with Gasteiger partial charge >= 0.3 is 0 Å². The summed E-state index contributed by atoms with van der Waals surface area (Å²) in [5.74, 6) is 1.50. The molecule has 0 unspecified atom stereocenters. The van der Waals surface area contributed by atoms with Gasteiger partial charge in [0.15, 0.2) is 23.1 Å². The zero-order valence-corrected chi connectivity index (χ0v) is 15.6. The van der Waals surface area contributed by atoms with E-state index in [1.54, 1.807) is 24.3 Å². The van der Waals surface area contributed by atoms with Gasteiger partial charge in [0.25, 0.3) is 5.91 Å². The van der Waals surface area contributed by atoms with Gasteiger partial charge in [0, 0.05) is 11.6 Å². The van der Waals surface area contributed by atoms with Crippen molar-refractivity contribution < 1.29 is 19.4 Å². The minimum atomic E-state index is -0.348. The summed E-state index contributed by atoms with van der Waals surface area (Å²) in [6, 6.07) is 14.2. The molecule has 0 atom stereocenters. The van der Waals surface area contributed by atoms with Crippen molar-refractivity contribution in [3.05, 3.63) is 54.1 Å². The maximum Gasteiger partial charge on any atom is 0.257 e. The fourth-order valence-corrected chi connectivity index (χ4v) is 2.86. The van der Waals surface area contributed by atoms with Crippen LogP contribution in [0.15, 0.2) is 48.5 Å². The Morgan fingerprint density at radius 3 is 2.83 bits per heavy atom. The molecular weight excluding hydrogens is 374 g/mol. The number of hydrogen-bond donors (Lipinski definition) is 4. The topological polar surface area (TPSA) is 125 Å². The number of rotatable bonds is 7. The first-order valence-corrected chi connectivity index (χ1v) is 8.91. The molecule has 0 bridgehead atoms. The van der Waals surface area contributed by atoms with E-state index in [-0.39, 0.29) is 19.1 Å². The number of H-pyrrole nitrogens is 2. The largest absolute Gasteiger partial charge is 0.493 e. The maximum atomic E-state index is 12.6. The molecule has 0 radical (unpaired) electrons. The van der Waals surface area contributed by atoms with E-state index < -0.39 is 0 Å². The highest BCUT2D eigenvalue weighted by Crippen LogP contribution is 2.28. The molecule has 0 aliphatic heterocycles. The van der Waals surface area contributed by atoms with E-state index in [9.17, 15) is 4.79 Å². The van der Waals surface area contributed by atoms with E-state index in [1.165, 1.54) is 7.11 Å². The number of hydrogen-bond acceptors (Lipinski definition) is 6. The number of ether oxygens (including phenoxy) is 2. The highest BCUT2D eigenvalue weighted by Gasteiger charge is 2.14. The number of aliphatic hydroxyl groups excluding tert-OH is 1. The van der Waals surface area contributed by atoms with Crippen molar-refractivity contribution >= 4 is 22.8 Å². The number of benzene rings is 2. The van der Waals surface area contributed by atoms with Crippen molar-refractivity contribution in [3.63, 3.8) is 0 Å². The molecule has 0 saturated heterocycles. The molecule has 4 rings (SSSR count). The van der Waals surface area contributed by atoms with Gasteiger partial charge < -0.3 is 24.9 Å². The van der Waals surface area contributed by atoms with Crippen LogP contribution < -0.4 is 14.8 Å². The first-order valence-electron chi connectivity index (χ1n) is 8.91. The highest BCUT2D eigenvalue weighted by molar-refractivity contribution is 6.04. The Bertz CT molecular complexity index is 1120. The van der Waals surface area contributed by atoms with Crippen molar-refractivity contribution in [2.75, 3.05) is 25.6 Å². The van der Waals surface area contributed by atoms with E-state index in [0.717, 1.165) is 11.0 Å². The van der Waals surface area contributed by atoms with Gasteiger partial charge in [0.1, 0.15) is 12.3 Å². The average Bonchev–Trinajstić information content (AvgIpc) is 3.38. The van der Waals surface area contributed by atoms with Crippen molar-refractivity contribution in [2.45, 2.75) is 0 Å². The van der Waals surface area contributed by atoms with Crippen LogP contribution >= 0.6 is 0 Å². The number of methoxy groups -OCH3 is 1. The van der Waals surface area contributed by atoms with Gasteiger partial charge in [-0.15, -0.1) is 0 Å². The minimum Gasteiger partial charge on any atom is -0.493 e. The fraction of sp³-hybridized carbons (Fsp3) is 0.150. The second-order valence-electron chi connectivity index (χ2n) is 6.16. The normalized spacial score (nSPS) is 10.8. The van der Waals surface area contributed by atoms with Gasteiger partial charge in [0.2, 0.25) is 0 Å². The van der Waals surface area contributed by atoms with Gasteiger partial charge in [-0.05, 0) is 30.3 Å². The van der Waals surface area contributed by atoms with Gasteiger partial charge in [-0.1, -0.05) is 12.1 Å². The predicted octanol–water partition coefficient (Wildman–Crippen LogP) is 2.59. The summed E-state index contributed by atoms with van der Waals surface area (Å²) < 4.78 is 10.6. The first-order chi connectivity index (χ1) is 14.2. The molecule has 4 N–H and O–H groups in total. The lowest BCUT2D eigenvalue weighted by molar-refractivity contribution is 0.102. The smallest absolute Gasteiger partial charge is 0.257 e. The number of carbonyl (C=O) groups excluding carboxylic acids is 1. The third kappa shape index (κ3) is 3.90. The van der Waals surface area contributed by atoms with Crippen molar-refractivity contribution in [1.82, 2.24) is 20.2 Å². The second-order valence-corrected chi connectivity index (χ2v) is 6.16. The zero-order chi connectivity index (χ0) is 20.2. The molecule has 9 nitrogen and oxygen atoms in total. The number of aliphatic hydroxyl groups is 1. The molecule has 148 valence electrons. The van der Waals surface area contributed by atoms with Crippen LogP contribution in [0.5, 0.6) is 11.5 Å². The number of imidazole rings is 1. The van der Waals surface area contributed by atoms with Gasteiger partial charge in [-0.3, -0.25) is 9.89 Å². The van der Waals surface area contributed by atoms with Gasteiger partial charge in [0.05, 0.1) is 24.8 Å². The standard InChI is InChI=1S/C20H19N5O4/c1-28-17-10-12(6-7-16(17)29-9-8-26)20(27)23-18-11-15(24-25-18)19-21-13-4-2-3-5-14(13)22-19/h2-7,10-11,26H,8-9H2,1H3,(H,21,22)(H2,23,24,25,27). The van der Waals surface area contributed by atoms with Crippen LogP contribution in [0.3, 0.4) is 0 Å².